The van der Waals surface area contributed by atoms with Crippen LogP contribution >= 0.6 is 11.6 Å². The van der Waals surface area contributed by atoms with Gasteiger partial charge in [-0.15, -0.1) is 0 Å². The van der Waals surface area contributed by atoms with Crippen LogP contribution in [0.15, 0.2) is 54.7 Å². The van der Waals surface area contributed by atoms with Gasteiger partial charge in [-0.2, -0.15) is 0 Å². The minimum atomic E-state index is -0.213. The number of benzene rings is 1. The molecule has 0 radical (unpaired) electrons. The minimum Gasteiger partial charge on any atom is -0.346 e. The zero-order valence-corrected chi connectivity index (χ0v) is 14.3. The van der Waals surface area contributed by atoms with Gasteiger partial charge >= 0.3 is 0 Å². The van der Waals surface area contributed by atoms with Gasteiger partial charge in [-0.05, 0) is 56.3 Å². The van der Waals surface area contributed by atoms with Crippen molar-refractivity contribution in [2.45, 2.75) is 20.4 Å². The number of carbonyl (C=O) groups is 1. The van der Waals surface area contributed by atoms with Crippen molar-refractivity contribution in [1.29, 1.82) is 0 Å². The molecule has 3 aromatic rings. The molecule has 3 rings (SSSR count). The average Bonchev–Trinajstić information content (AvgIpc) is 2.93. The molecule has 0 unspecified atom stereocenters. The van der Waals surface area contributed by atoms with Gasteiger partial charge in [-0.3, -0.25) is 9.78 Å². The number of hydrogen-bond donors (Lipinski definition) is 1. The summed E-state index contributed by atoms with van der Waals surface area (Å²) in [5, 5.41) is 3.29. The molecule has 4 nitrogen and oxygen atoms in total. The fourth-order valence-electron chi connectivity index (χ4n) is 2.67. The highest BCUT2D eigenvalue weighted by atomic mass is 35.5. The van der Waals surface area contributed by atoms with Gasteiger partial charge in [0.05, 0.1) is 22.8 Å². The van der Waals surface area contributed by atoms with Crippen molar-refractivity contribution in [3.8, 4) is 5.69 Å². The van der Waals surface area contributed by atoms with Crippen LogP contribution in [-0.2, 0) is 6.54 Å². The third-order valence-electron chi connectivity index (χ3n) is 3.88. The molecule has 5 heteroatoms. The van der Waals surface area contributed by atoms with Crippen molar-refractivity contribution in [3.05, 3.63) is 82.4 Å². The van der Waals surface area contributed by atoms with Gasteiger partial charge in [0.25, 0.3) is 5.91 Å². The molecule has 0 atom stereocenters. The fourth-order valence-corrected chi connectivity index (χ4v) is 2.87. The molecule has 0 fully saturated rings. The summed E-state index contributed by atoms with van der Waals surface area (Å²) in [5.74, 6) is -0.213. The monoisotopic (exact) mass is 339 g/mol. The van der Waals surface area contributed by atoms with Gasteiger partial charge in [0, 0.05) is 23.3 Å². The largest absolute Gasteiger partial charge is 0.346 e. The molecule has 0 saturated heterocycles. The SMILES string of the molecule is Cc1ccc(C)n1-c1ccc(Cl)c(C(=O)NCc2ccccn2)c1. The lowest BCUT2D eigenvalue weighted by molar-refractivity contribution is 0.0950. The van der Waals surface area contributed by atoms with Crippen molar-refractivity contribution in [2.75, 3.05) is 0 Å². The lowest BCUT2D eigenvalue weighted by atomic mass is 10.1. The van der Waals surface area contributed by atoms with E-state index in [4.69, 9.17) is 11.6 Å². The second-order valence-corrected chi connectivity index (χ2v) is 6.03. The molecule has 1 aromatic carbocycles. The Morgan fingerprint density at radius 1 is 1.12 bits per heavy atom. The molecule has 24 heavy (non-hydrogen) atoms. The predicted octanol–water partition coefficient (Wildman–Crippen LogP) is 4.07. The summed E-state index contributed by atoms with van der Waals surface area (Å²) in [4.78, 5) is 16.7. The summed E-state index contributed by atoms with van der Waals surface area (Å²) >= 11 is 6.23. The molecule has 1 amide bonds. The predicted molar refractivity (Wildman–Crippen MR) is 95.7 cm³/mol. The number of nitrogens with one attached hydrogen (secondary N) is 1. The molecule has 2 heterocycles. The third-order valence-corrected chi connectivity index (χ3v) is 4.21. The van der Waals surface area contributed by atoms with Gasteiger partial charge in [0.1, 0.15) is 0 Å². The summed E-state index contributed by atoms with van der Waals surface area (Å²) in [6, 6.07) is 15.2. The van der Waals surface area contributed by atoms with Crippen LogP contribution < -0.4 is 5.32 Å². The molecule has 0 aliphatic rings. The van der Waals surface area contributed by atoms with E-state index < -0.39 is 0 Å². The van der Waals surface area contributed by atoms with Crippen molar-refractivity contribution in [2.24, 2.45) is 0 Å². The molecular formula is C19H18ClN3O. The minimum absolute atomic E-state index is 0.213. The number of pyridine rings is 1. The van der Waals surface area contributed by atoms with E-state index in [0.717, 1.165) is 22.8 Å². The van der Waals surface area contributed by atoms with Crippen LogP contribution in [0.3, 0.4) is 0 Å². The number of aromatic nitrogens is 2. The van der Waals surface area contributed by atoms with E-state index in [1.165, 1.54) is 0 Å². The standard InChI is InChI=1S/C19H18ClN3O/c1-13-6-7-14(2)23(13)16-8-9-18(20)17(11-16)19(24)22-12-15-5-3-4-10-21-15/h3-11H,12H2,1-2H3,(H,22,24). The third kappa shape index (κ3) is 3.34. The highest BCUT2D eigenvalue weighted by Gasteiger charge is 2.13. The summed E-state index contributed by atoms with van der Waals surface area (Å²) in [5.41, 5.74) is 4.39. The van der Waals surface area contributed by atoms with Gasteiger partial charge in [-0.1, -0.05) is 17.7 Å². The fraction of sp³-hybridized carbons (Fsp3) is 0.158. The normalized spacial score (nSPS) is 10.6. The van der Waals surface area contributed by atoms with E-state index in [1.54, 1.807) is 12.3 Å². The summed E-state index contributed by atoms with van der Waals surface area (Å²) in [6.07, 6.45) is 1.70. The van der Waals surface area contributed by atoms with E-state index in [1.807, 2.05) is 56.3 Å². The topological polar surface area (TPSA) is 46.9 Å². The number of amides is 1. The Balaban J connectivity index is 1.85. The second kappa shape index (κ2) is 6.89. The number of carbonyl (C=O) groups excluding carboxylic acids is 1. The summed E-state index contributed by atoms with van der Waals surface area (Å²) in [6.45, 7) is 4.42. The molecular weight excluding hydrogens is 322 g/mol. The summed E-state index contributed by atoms with van der Waals surface area (Å²) < 4.78 is 2.09. The first kappa shape index (κ1) is 16.3. The van der Waals surface area contributed by atoms with Crippen LogP contribution in [0.1, 0.15) is 27.4 Å². The molecule has 122 valence electrons. The highest BCUT2D eigenvalue weighted by Crippen LogP contribution is 2.23. The molecule has 0 aliphatic heterocycles. The maximum atomic E-state index is 12.5. The number of aryl methyl sites for hydroxylation is 2. The molecule has 1 N–H and O–H groups in total. The molecule has 0 saturated carbocycles. The Morgan fingerprint density at radius 2 is 1.88 bits per heavy atom. The van der Waals surface area contributed by atoms with Crippen molar-refractivity contribution in [1.82, 2.24) is 14.9 Å². The first-order chi connectivity index (χ1) is 11.6. The summed E-state index contributed by atoms with van der Waals surface area (Å²) in [7, 11) is 0. The van der Waals surface area contributed by atoms with Gasteiger partial charge in [0.2, 0.25) is 0 Å². The van der Waals surface area contributed by atoms with Crippen molar-refractivity contribution >= 4 is 17.5 Å². The second-order valence-electron chi connectivity index (χ2n) is 5.62. The van der Waals surface area contributed by atoms with Crippen LogP contribution in [-0.4, -0.2) is 15.5 Å². The zero-order valence-electron chi connectivity index (χ0n) is 13.6. The van der Waals surface area contributed by atoms with E-state index in [-0.39, 0.29) is 5.91 Å². The Kier molecular flexibility index (Phi) is 4.67. The Hall–Kier alpha value is -2.59. The maximum absolute atomic E-state index is 12.5. The van der Waals surface area contributed by atoms with Gasteiger partial charge in [0.15, 0.2) is 0 Å². The maximum Gasteiger partial charge on any atom is 0.253 e. The average molecular weight is 340 g/mol. The molecule has 0 spiro atoms. The van der Waals surface area contributed by atoms with Gasteiger partial charge in [-0.25, -0.2) is 0 Å². The number of rotatable bonds is 4. The van der Waals surface area contributed by atoms with E-state index >= 15 is 0 Å². The lowest BCUT2D eigenvalue weighted by Gasteiger charge is -2.12. The Morgan fingerprint density at radius 3 is 2.54 bits per heavy atom. The van der Waals surface area contributed by atoms with Crippen LogP contribution in [0, 0.1) is 13.8 Å². The zero-order chi connectivity index (χ0) is 17.1. The Labute approximate surface area is 146 Å². The van der Waals surface area contributed by atoms with E-state index in [9.17, 15) is 4.79 Å². The Bertz CT molecular complexity index is 852. The quantitative estimate of drug-likeness (QED) is 0.778. The van der Waals surface area contributed by atoms with Crippen molar-refractivity contribution in [3.63, 3.8) is 0 Å². The van der Waals surface area contributed by atoms with Crippen LogP contribution in [0.5, 0.6) is 0 Å². The molecule has 0 aliphatic carbocycles. The van der Waals surface area contributed by atoms with Gasteiger partial charge < -0.3 is 9.88 Å². The smallest absolute Gasteiger partial charge is 0.253 e. The highest BCUT2D eigenvalue weighted by molar-refractivity contribution is 6.33. The van der Waals surface area contributed by atoms with E-state index in [0.29, 0.717) is 17.1 Å². The number of nitrogens with zero attached hydrogens (tertiary/aromatic N) is 2. The number of hydrogen-bond acceptors (Lipinski definition) is 2. The van der Waals surface area contributed by atoms with Crippen LogP contribution in [0.4, 0.5) is 0 Å². The lowest BCUT2D eigenvalue weighted by Crippen LogP contribution is -2.23. The van der Waals surface area contributed by atoms with Crippen molar-refractivity contribution < 1.29 is 4.79 Å². The van der Waals surface area contributed by atoms with E-state index in [2.05, 4.69) is 14.9 Å². The first-order valence-corrected chi connectivity index (χ1v) is 8.07. The molecule has 2 aromatic heterocycles. The van der Waals surface area contributed by atoms with Crippen LogP contribution in [0.2, 0.25) is 5.02 Å². The van der Waals surface area contributed by atoms with Crippen LogP contribution in [0.25, 0.3) is 5.69 Å². The number of halogens is 1. The molecule has 0 bridgehead atoms. The first-order valence-electron chi connectivity index (χ1n) is 7.69.